The molecule has 5 nitrogen and oxygen atoms in total. The Kier molecular flexibility index (Phi) is 3.25. The molecule has 0 aromatic rings. The molecule has 1 amide bonds. The van der Waals surface area contributed by atoms with Crippen LogP contribution >= 0.6 is 0 Å². The third-order valence-electron chi connectivity index (χ3n) is 2.15. The van der Waals surface area contributed by atoms with E-state index in [1.165, 1.54) is 6.92 Å². The molecular weight excluding hydrogens is 172 g/mol. The van der Waals surface area contributed by atoms with Crippen molar-refractivity contribution in [1.29, 1.82) is 0 Å². The normalized spacial score (nSPS) is 19.6. The van der Waals surface area contributed by atoms with E-state index in [2.05, 4.69) is 5.32 Å². The molecule has 1 unspecified atom stereocenters. The first-order chi connectivity index (χ1) is 6.13. The molecule has 0 bridgehead atoms. The Balaban J connectivity index is 2.50. The maximum atomic E-state index is 11.4. The molecule has 5 heteroatoms. The molecule has 1 rings (SSSR count). The Morgan fingerprint density at radius 2 is 1.85 bits per heavy atom. The Morgan fingerprint density at radius 1 is 1.31 bits per heavy atom. The van der Waals surface area contributed by atoms with Crippen LogP contribution in [0, 0.1) is 5.92 Å². The van der Waals surface area contributed by atoms with Crippen LogP contribution in [0.3, 0.4) is 0 Å². The van der Waals surface area contributed by atoms with E-state index in [0.717, 1.165) is 13.1 Å². The summed E-state index contributed by atoms with van der Waals surface area (Å²) in [5, 5.41) is 13.5. The quantitative estimate of drug-likeness (QED) is 0.562. The summed E-state index contributed by atoms with van der Waals surface area (Å²) in [4.78, 5) is 23.4. The minimum atomic E-state index is -1.30. The molecule has 1 aliphatic rings. The van der Waals surface area contributed by atoms with Crippen molar-refractivity contribution in [3.63, 3.8) is 0 Å². The second-order valence-corrected chi connectivity index (χ2v) is 3.12. The van der Waals surface area contributed by atoms with Crippen molar-refractivity contribution in [3.05, 3.63) is 0 Å². The number of nitrogens with zero attached hydrogens (tertiary/aromatic N) is 1. The summed E-state index contributed by atoms with van der Waals surface area (Å²) in [6.45, 7) is 3.98. The van der Waals surface area contributed by atoms with Crippen LogP contribution in [0.1, 0.15) is 6.92 Å². The van der Waals surface area contributed by atoms with E-state index in [1.54, 1.807) is 4.90 Å². The first kappa shape index (κ1) is 9.98. The molecule has 13 heavy (non-hydrogen) atoms. The summed E-state index contributed by atoms with van der Waals surface area (Å²) in [6, 6.07) is 0. The van der Waals surface area contributed by atoms with Gasteiger partial charge in [0.1, 0.15) is 5.92 Å². The number of piperazine rings is 1. The molecule has 0 aromatic carbocycles. The summed E-state index contributed by atoms with van der Waals surface area (Å²) in [6.07, 6.45) is 0. The number of hydrogen-bond acceptors (Lipinski definition) is 3. The lowest BCUT2D eigenvalue weighted by atomic mass is 10.1. The van der Waals surface area contributed by atoms with Crippen molar-refractivity contribution in [2.75, 3.05) is 26.2 Å². The molecule has 73 valence electrons. The molecule has 0 spiro atoms. The highest BCUT2D eigenvalue weighted by Crippen LogP contribution is 2.04. The van der Waals surface area contributed by atoms with Crippen LogP contribution < -0.4 is 5.32 Å². The zero-order valence-corrected chi connectivity index (χ0v) is 7.58. The third kappa shape index (κ3) is 2.42. The van der Waals surface area contributed by atoms with E-state index in [-0.39, 0.29) is 5.91 Å². The lowest BCUT2D eigenvalue weighted by molar-refractivity contribution is -0.154. The van der Waals surface area contributed by atoms with Crippen LogP contribution in [0.25, 0.3) is 0 Å². The van der Waals surface area contributed by atoms with Gasteiger partial charge >= 0.3 is 5.97 Å². The topological polar surface area (TPSA) is 69.3 Å². The monoisotopic (exact) mass is 185 g/mol. The average molecular weight is 185 g/mol. The maximum absolute atomic E-state index is 11.4. The maximum Gasteiger partial charge on any atom is 0.367 e. The van der Waals surface area contributed by atoms with E-state index in [1.807, 2.05) is 0 Å². The van der Waals surface area contributed by atoms with Gasteiger partial charge in [0.2, 0.25) is 5.91 Å². The molecule has 1 fully saturated rings. The molecule has 1 aliphatic heterocycles. The Bertz CT molecular complexity index is 211. The second kappa shape index (κ2) is 4.23. The standard InChI is InChI=1S/C8H13N2O3/c1-6(8(12)13)7(11)10-4-2-9-3-5-10/h6,9H,2-5H2,1H3. The highest BCUT2D eigenvalue weighted by Gasteiger charge is 2.27. The Hall–Kier alpha value is -1.10. The highest BCUT2D eigenvalue weighted by molar-refractivity contribution is 5.96. The second-order valence-electron chi connectivity index (χ2n) is 3.12. The fraction of sp³-hybridized carbons (Fsp3) is 0.750. The number of carbonyl (C=O) groups excluding carboxylic acids is 2. The summed E-state index contributed by atoms with van der Waals surface area (Å²) >= 11 is 0. The van der Waals surface area contributed by atoms with Crippen molar-refractivity contribution in [1.82, 2.24) is 10.2 Å². The van der Waals surface area contributed by atoms with E-state index >= 15 is 0 Å². The zero-order valence-electron chi connectivity index (χ0n) is 7.58. The van der Waals surface area contributed by atoms with Crippen molar-refractivity contribution in [3.8, 4) is 0 Å². The summed E-state index contributed by atoms with van der Waals surface area (Å²) in [7, 11) is 0. The van der Waals surface area contributed by atoms with Crippen LogP contribution in [0.15, 0.2) is 0 Å². The number of amides is 1. The average Bonchev–Trinajstić information content (AvgIpc) is 2.17. The molecular formula is C8H13N2O3. The van der Waals surface area contributed by atoms with Gasteiger partial charge in [-0.25, -0.2) is 9.90 Å². The van der Waals surface area contributed by atoms with Gasteiger partial charge in [-0.3, -0.25) is 4.79 Å². The van der Waals surface area contributed by atoms with E-state index in [9.17, 15) is 14.7 Å². The number of carbonyl (C=O) groups is 2. The highest BCUT2D eigenvalue weighted by atomic mass is 16.4. The van der Waals surface area contributed by atoms with E-state index < -0.39 is 11.9 Å². The van der Waals surface area contributed by atoms with Gasteiger partial charge in [0, 0.05) is 26.2 Å². The van der Waals surface area contributed by atoms with Gasteiger partial charge in [-0.15, -0.1) is 0 Å². The third-order valence-corrected chi connectivity index (χ3v) is 2.15. The predicted molar refractivity (Wildman–Crippen MR) is 44.3 cm³/mol. The predicted octanol–water partition coefficient (Wildman–Crippen LogP) is -0.989. The minimum absolute atomic E-state index is 0.346. The SMILES string of the molecule is CC(C([O])=O)C(=O)N1CCNCC1. The first-order valence-electron chi connectivity index (χ1n) is 4.33. The Labute approximate surface area is 76.7 Å². The summed E-state index contributed by atoms with van der Waals surface area (Å²) in [5.74, 6) is -2.68. The van der Waals surface area contributed by atoms with Gasteiger partial charge in [-0.05, 0) is 6.92 Å². The van der Waals surface area contributed by atoms with Crippen LogP contribution in [-0.2, 0) is 14.7 Å². The van der Waals surface area contributed by atoms with Crippen LogP contribution in [0.2, 0.25) is 0 Å². The molecule has 1 radical (unpaired) electrons. The number of rotatable bonds is 2. The molecule has 1 saturated heterocycles. The van der Waals surface area contributed by atoms with E-state index in [4.69, 9.17) is 0 Å². The van der Waals surface area contributed by atoms with Crippen LogP contribution in [0.5, 0.6) is 0 Å². The van der Waals surface area contributed by atoms with Crippen molar-refractivity contribution in [2.45, 2.75) is 6.92 Å². The Morgan fingerprint density at radius 3 is 2.31 bits per heavy atom. The lowest BCUT2D eigenvalue weighted by Gasteiger charge is -2.28. The molecule has 0 saturated carbocycles. The summed E-state index contributed by atoms with van der Waals surface area (Å²) < 4.78 is 0. The molecule has 0 aliphatic carbocycles. The minimum Gasteiger partial charge on any atom is -0.339 e. The summed E-state index contributed by atoms with van der Waals surface area (Å²) in [5.41, 5.74) is 0. The van der Waals surface area contributed by atoms with Crippen LogP contribution in [-0.4, -0.2) is 43.0 Å². The molecule has 1 heterocycles. The smallest absolute Gasteiger partial charge is 0.339 e. The zero-order chi connectivity index (χ0) is 9.84. The molecule has 1 N–H and O–H groups in total. The lowest BCUT2D eigenvalue weighted by Crippen LogP contribution is -2.49. The van der Waals surface area contributed by atoms with Gasteiger partial charge in [0.05, 0.1) is 0 Å². The number of hydrogen-bond donors (Lipinski definition) is 1. The first-order valence-corrected chi connectivity index (χ1v) is 4.33. The van der Waals surface area contributed by atoms with Crippen molar-refractivity contribution in [2.24, 2.45) is 5.92 Å². The van der Waals surface area contributed by atoms with Gasteiger partial charge < -0.3 is 10.2 Å². The molecule has 1 atom stereocenters. The fourth-order valence-electron chi connectivity index (χ4n) is 1.26. The number of nitrogens with one attached hydrogen (secondary N) is 1. The van der Waals surface area contributed by atoms with Crippen molar-refractivity contribution >= 4 is 11.9 Å². The fourth-order valence-corrected chi connectivity index (χ4v) is 1.26. The van der Waals surface area contributed by atoms with Crippen molar-refractivity contribution < 1.29 is 14.7 Å². The van der Waals surface area contributed by atoms with E-state index in [0.29, 0.717) is 13.1 Å². The van der Waals surface area contributed by atoms with Crippen LogP contribution in [0.4, 0.5) is 0 Å². The van der Waals surface area contributed by atoms with Gasteiger partial charge in [0.25, 0.3) is 0 Å². The molecule has 0 aromatic heterocycles. The van der Waals surface area contributed by atoms with Gasteiger partial charge in [-0.2, -0.15) is 0 Å². The largest absolute Gasteiger partial charge is 0.367 e. The van der Waals surface area contributed by atoms with Gasteiger partial charge in [0.15, 0.2) is 0 Å². The van der Waals surface area contributed by atoms with Gasteiger partial charge in [-0.1, -0.05) is 0 Å².